The zero-order valence-electron chi connectivity index (χ0n) is 5.15. The maximum atomic E-state index is 3.59. The number of piperidine rings is 1. The highest BCUT2D eigenvalue weighted by Gasteiger charge is 2.16. The van der Waals surface area contributed by atoms with Crippen molar-refractivity contribution in [1.29, 1.82) is 0 Å². The van der Waals surface area contributed by atoms with Crippen LogP contribution in [0.2, 0.25) is 0 Å². The summed E-state index contributed by atoms with van der Waals surface area (Å²) in [6, 6.07) is 0. The predicted octanol–water partition coefficient (Wildman–Crippen LogP) is 1.38. The lowest BCUT2D eigenvalue weighted by atomic mass is 10.0. The van der Waals surface area contributed by atoms with Crippen molar-refractivity contribution < 1.29 is 0 Å². The van der Waals surface area contributed by atoms with Gasteiger partial charge in [-0.15, -0.1) is 0 Å². The molecule has 8 heavy (non-hydrogen) atoms. The molecule has 0 radical (unpaired) electrons. The summed E-state index contributed by atoms with van der Waals surface area (Å²) in [6.07, 6.45) is 1.32. The van der Waals surface area contributed by atoms with Gasteiger partial charge in [0.15, 0.2) is 0 Å². The van der Waals surface area contributed by atoms with Crippen molar-refractivity contribution >= 4 is 15.9 Å². The number of alkyl halides is 1. The highest BCUT2D eigenvalue weighted by Crippen LogP contribution is 2.17. The summed E-state index contributed by atoms with van der Waals surface area (Å²) in [5, 5.41) is 3.32. The molecule has 48 valence electrons. The van der Waals surface area contributed by atoms with E-state index in [-0.39, 0.29) is 0 Å². The second-order valence-corrected chi connectivity index (χ2v) is 3.66. The van der Waals surface area contributed by atoms with Gasteiger partial charge in [-0.2, -0.15) is 0 Å². The Labute approximate surface area is 59.0 Å². The second kappa shape index (κ2) is 2.83. The van der Waals surface area contributed by atoms with E-state index in [0.29, 0.717) is 4.83 Å². The van der Waals surface area contributed by atoms with Crippen LogP contribution < -0.4 is 5.32 Å². The van der Waals surface area contributed by atoms with Crippen LogP contribution in [0.4, 0.5) is 0 Å². The van der Waals surface area contributed by atoms with Crippen LogP contribution in [0.25, 0.3) is 0 Å². The van der Waals surface area contributed by atoms with Gasteiger partial charge < -0.3 is 5.32 Å². The van der Waals surface area contributed by atoms with Gasteiger partial charge in [0, 0.05) is 11.4 Å². The van der Waals surface area contributed by atoms with Crippen molar-refractivity contribution in [2.75, 3.05) is 13.1 Å². The number of halogens is 1. The maximum Gasteiger partial charge on any atom is 0.0296 e. The van der Waals surface area contributed by atoms with E-state index in [4.69, 9.17) is 0 Å². The van der Waals surface area contributed by atoms with Crippen LogP contribution in [0.3, 0.4) is 0 Å². The van der Waals surface area contributed by atoms with Gasteiger partial charge in [-0.3, -0.25) is 0 Å². The zero-order chi connectivity index (χ0) is 5.98. The van der Waals surface area contributed by atoms with Crippen LogP contribution in [0, 0.1) is 5.92 Å². The summed E-state index contributed by atoms with van der Waals surface area (Å²) in [4.78, 5) is 0.705. The SMILES string of the molecule is C[C@H]1CCNC[C@H]1Br. The van der Waals surface area contributed by atoms with E-state index in [0.717, 1.165) is 12.5 Å². The summed E-state index contributed by atoms with van der Waals surface area (Å²) in [5.41, 5.74) is 0. The van der Waals surface area contributed by atoms with Crippen LogP contribution in [-0.2, 0) is 0 Å². The predicted molar refractivity (Wildman–Crippen MR) is 39.4 cm³/mol. The Hall–Kier alpha value is 0.440. The minimum Gasteiger partial charge on any atom is -0.316 e. The summed E-state index contributed by atoms with van der Waals surface area (Å²) in [5.74, 6) is 0.858. The minimum absolute atomic E-state index is 0.705. The molecule has 1 aliphatic rings. The van der Waals surface area contributed by atoms with Crippen molar-refractivity contribution in [3.05, 3.63) is 0 Å². The van der Waals surface area contributed by atoms with Gasteiger partial charge in [-0.25, -0.2) is 0 Å². The van der Waals surface area contributed by atoms with Crippen LogP contribution in [0.5, 0.6) is 0 Å². The van der Waals surface area contributed by atoms with E-state index in [2.05, 4.69) is 28.2 Å². The molecule has 2 heteroatoms. The van der Waals surface area contributed by atoms with E-state index >= 15 is 0 Å². The molecule has 0 amide bonds. The minimum atomic E-state index is 0.705. The fraction of sp³-hybridized carbons (Fsp3) is 1.00. The van der Waals surface area contributed by atoms with E-state index in [1.165, 1.54) is 13.0 Å². The first-order valence-corrected chi connectivity index (χ1v) is 4.07. The lowest BCUT2D eigenvalue weighted by Gasteiger charge is -2.24. The first kappa shape index (κ1) is 6.56. The number of nitrogens with one attached hydrogen (secondary N) is 1. The number of hydrogen-bond donors (Lipinski definition) is 1. The number of rotatable bonds is 0. The van der Waals surface area contributed by atoms with Crippen LogP contribution in [-0.4, -0.2) is 17.9 Å². The highest BCUT2D eigenvalue weighted by atomic mass is 79.9. The van der Waals surface area contributed by atoms with Gasteiger partial charge in [0.2, 0.25) is 0 Å². The second-order valence-electron chi connectivity index (χ2n) is 2.49. The van der Waals surface area contributed by atoms with Gasteiger partial charge in [-0.1, -0.05) is 22.9 Å². The van der Waals surface area contributed by atoms with Gasteiger partial charge in [0.05, 0.1) is 0 Å². The highest BCUT2D eigenvalue weighted by molar-refractivity contribution is 9.09. The first-order chi connectivity index (χ1) is 3.80. The molecule has 0 unspecified atom stereocenters. The van der Waals surface area contributed by atoms with Gasteiger partial charge in [0.25, 0.3) is 0 Å². The van der Waals surface area contributed by atoms with Crippen molar-refractivity contribution in [2.24, 2.45) is 5.92 Å². The van der Waals surface area contributed by atoms with Gasteiger partial charge in [-0.05, 0) is 18.9 Å². The third-order valence-electron chi connectivity index (χ3n) is 1.73. The topological polar surface area (TPSA) is 12.0 Å². The molecule has 1 N–H and O–H groups in total. The Kier molecular flexibility index (Phi) is 2.32. The molecule has 0 aromatic carbocycles. The van der Waals surface area contributed by atoms with Crippen LogP contribution in [0.15, 0.2) is 0 Å². The third-order valence-corrected chi connectivity index (χ3v) is 2.96. The standard InChI is InChI=1S/C6H12BrN/c1-5-2-3-8-4-6(5)7/h5-6,8H,2-4H2,1H3/t5-,6+/m0/s1. The van der Waals surface area contributed by atoms with Gasteiger partial charge in [0.1, 0.15) is 0 Å². The summed E-state index contributed by atoms with van der Waals surface area (Å²) in [6.45, 7) is 4.63. The monoisotopic (exact) mass is 177 g/mol. The van der Waals surface area contributed by atoms with E-state index < -0.39 is 0 Å². The summed E-state index contributed by atoms with van der Waals surface area (Å²) in [7, 11) is 0. The molecular weight excluding hydrogens is 166 g/mol. The fourth-order valence-electron chi connectivity index (χ4n) is 0.952. The van der Waals surface area contributed by atoms with Crippen LogP contribution in [0.1, 0.15) is 13.3 Å². The lowest BCUT2D eigenvalue weighted by Crippen LogP contribution is -2.35. The normalized spacial score (nSPS) is 39.8. The van der Waals surface area contributed by atoms with Crippen LogP contribution >= 0.6 is 15.9 Å². The van der Waals surface area contributed by atoms with E-state index in [1.807, 2.05) is 0 Å². The van der Waals surface area contributed by atoms with E-state index in [9.17, 15) is 0 Å². The van der Waals surface area contributed by atoms with Crippen molar-refractivity contribution in [2.45, 2.75) is 18.2 Å². The molecule has 2 atom stereocenters. The Morgan fingerprint density at radius 1 is 1.62 bits per heavy atom. The Morgan fingerprint density at radius 3 is 2.75 bits per heavy atom. The molecule has 0 bridgehead atoms. The molecule has 0 aliphatic carbocycles. The number of hydrogen-bond acceptors (Lipinski definition) is 1. The largest absolute Gasteiger partial charge is 0.316 e. The molecule has 1 fully saturated rings. The molecule has 1 rings (SSSR count). The van der Waals surface area contributed by atoms with E-state index in [1.54, 1.807) is 0 Å². The zero-order valence-corrected chi connectivity index (χ0v) is 6.74. The first-order valence-electron chi connectivity index (χ1n) is 3.15. The third kappa shape index (κ3) is 1.46. The molecule has 0 saturated carbocycles. The summed E-state index contributed by atoms with van der Waals surface area (Å²) >= 11 is 3.59. The molecule has 1 aliphatic heterocycles. The Bertz CT molecular complexity index is 64.9. The molecule has 0 aromatic rings. The van der Waals surface area contributed by atoms with Crippen molar-refractivity contribution in [1.82, 2.24) is 5.32 Å². The molecule has 1 nitrogen and oxygen atoms in total. The summed E-state index contributed by atoms with van der Waals surface area (Å²) < 4.78 is 0. The molecule has 0 spiro atoms. The average Bonchev–Trinajstić information content (AvgIpc) is 1.77. The molecule has 1 saturated heterocycles. The molecule has 0 aromatic heterocycles. The maximum absolute atomic E-state index is 3.59. The smallest absolute Gasteiger partial charge is 0.0296 e. The lowest BCUT2D eigenvalue weighted by molar-refractivity contribution is 0.419. The van der Waals surface area contributed by atoms with Gasteiger partial charge >= 0.3 is 0 Å². The van der Waals surface area contributed by atoms with Crippen molar-refractivity contribution in [3.63, 3.8) is 0 Å². The van der Waals surface area contributed by atoms with Crippen molar-refractivity contribution in [3.8, 4) is 0 Å². The molecule has 1 heterocycles. The quantitative estimate of drug-likeness (QED) is 0.552. The average molecular weight is 178 g/mol. The Balaban J connectivity index is 2.28. The Morgan fingerprint density at radius 2 is 2.38 bits per heavy atom. The molecular formula is C6H12BrN. The fourth-order valence-corrected chi connectivity index (χ4v) is 1.44.